The number of nitrogens with zero attached hydrogens (tertiary/aromatic N) is 1. The molecule has 26 heavy (non-hydrogen) atoms. The number of rotatable bonds is 6. The molecule has 0 radical (unpaired) electrons. The monoisotopic (exact) mass is 368 g/mol. The van der Waals surface area contributed by atoms with Crippen LogP contribution in [0.3, 0.4) is 0 Å². The van der Waals surface area contributed by atoms with Gasteiger partial charge in [0.05, 0.1) is 26.5 Å². The molecule has 2 heterocycles. The molecule has 5 nitrogen and oxygen atoms in total. The van der Waals surface area contributed by atoms with Gasteiger partial charge >= 0.3 is 0 Å². The Labute approximate surface area is 156 Å². The van der Waals surface area contributed by atoms with Gasteiger partial charge in [0.15, 0.2) is 5.13 Å². The van der Waals surface area contributed by atoms with Gasteiger partial charge in [0, 0.05) is 30.0 Å². The summed E-state index contributed by atoms with van der Waals surface area (Å²) in [6.45, 7) is 1.52. The zero-order valence-electron chi connectivity index (χ0n) is 14.7. The third-order valence-electron chi connectivity index (χ3n) is 4.39. The smallest absolute Gasteiger partial charge is 0.183 e. The molecule has 0 spiro atoms. The molecular weight excluding hydrogens is 348 g/mol. The van der Waals surface area contributed by atoms with Crippen LogP contribution in [-0.2, 0) is 13.0 Å². The molecule has 6 heteroatoms. The molecule has 0 fully saturated rings. The van der Waals surface area contributed by atoms with Crippen molar-refractivity contribution in [3.63, 3.8) is 0 Å². The predicted octanol–water partition coefficient (Wildman–Crippen LogP) is 4.37. The minimum Gasteiger partial charge on any atom is -0.497 e. The van der Waals surface area contributed by atoms with Crippen LogP contribution >= 0.6 is 11.3 Å². The van der Waals surface area contributed by atoms with Gasteiger partial charge < -0.3 is 19.5 Å². The van der Waals surface area contributed by atoms with Crippen molar-refractivity contribution >= 4 is 16.5 Å². The van der Waals surface area contributed by atoms with Crippen molar-refractivity contribution in [1.29, 1.82) is 0 Å². The SMILES string of the molecule is COc1ccc(-c2csc(NCc3ccc4c(c3)CCO4)n2)c(OC)c1. The largest absolute Gasteiger partial charge is 0.497 e. The summed E-state index contributed by atoms with van der Waals surface area (Å²) in [6.07, 6.45) is 0.988. The zero-order valence-corrected chi connectivity index (χ0v) is 15.6. The van der Waals surface area contributed by atoms with Gasteiger partial charge in [-0.1, -0.05) is 12.1 Å². The summed E-state index contributed by atoms with van der Waals surface area (Å²) < 4.78 is 16.3. The van der Waals surface area contributed by atoms with E-state index in [9.17, 15) is 0 Å². The molecule has 0 unspecified atom stereocenters. The molecule has 1 aromatic heterocycles. The van der Waals surface area contributed by atoms with Gasteiger partial charge in [0.2, 0.25) is 0 Å². The summed E-state index contributed by atoms with van der Waals surface area (Å²) in [5, 5.41) is 6.32. The number of hydrogen-bond acceptors (Lipinski definition) is 6. The quantitative estimate of drug-likeness (QED) is 0.700. The average Bonchev–Trinajstić information content (AvgIpc) is 3.34. The van der Waals surface area contributed by atoms with Gasteiger partial charge in [0.25, 0.3) is 0 Å². The van der Waals surface area contributed by atoms with E-state index in [1.54, 1.807) is 25.6 Å². The number of fused-ring (bicyclic) bond motifs is 1. The number of methoxy groups -OCH3 is 2. The lowest BCUT2D eigenvalue weighted by atomic mass is 10.1. The molecule has 1 aliphatic rings. The van der Waals surface area contributed by atoms with Crippen LogP contribution < -0.4 is 19.5 Å². The first-order valence-corrected chi connectivity index (χ1v) is 9.31. The predicted molar refractivity (Wildman–Crippen MR) is 104 cm³/mol. The third-order valence-corrected chi connectivity index (χ3v) is 5.19. The van der Waals surface area contributed by atoms with Crippen LogP contribution in [0.1, 0.15) is 11.1 Å². The molecule has 3 aromatic rings. The highest BCUT2D eigenvalue weighted by atomic mass is 32.1. The van der Waals surface area contributed by atoms with Crippen molar-refractivity contribution in [2.75, 3.05) is 26.1 Å². The fourth-order valence-corrected chi connectivity index (χ4v) is 3.73. The molecule has 1 aliphatic heterocycles. The van der Waals surface area contributed by atoms with Crippen LogP contribution in [0.25, 0.3) is 11.3 Å². The molecule has 0 bridgehead atoms. The van der Waals surface area contributed by atoms with E-state index >= 15 is 0 Å². The Balaban J connectivity index is 1.48. The first-order chi connectivity index (χ1) is 12.8. The summed E-state index contributed by atoms with van der Waals surface area (Å²) >= 11 is 1.58. The Morgan fingerprint density at radius 2 is 2.08 bits per heavy atom. The number of ether oxygens (including phenoxy) is 3. The van der Waals surface area contributed by atoms with Crippen LogP contribution in [0, 0.1) is 0 Å². The third kappa shape index (κ3) is 3.32. The standard InChI is InChI=1S/C20H20N2O3S/c1-23-15-4-5-16(19(10-15)24-2)17-12-26-20(22-17)21-11-13-3-6-18-14(9-13)7-8-25-18/h3-6,9-10,12H,7-8,11H2,1-2H3,(H,21,22). The fraction of sp³-hybridized carbons (Fsp3) is 0.250. The first-order valence-electron chi connectivity index (χ1n) is 8.43. The van der Waals surface area contributed by atoms with Gasteiger partial charge in [-0.2, -0.15) is 0 Å². The van der Waals surface area contributed by atoms with E-state index in [1.165, 1.54) is 11.1 Å². The molecule has 0 saturated carbocycles. The van der Waals surface area contributed by atoms with Crippen LogP contribution in [0.4, 0.5) is 5.13 Å². The van der Waals surface area contributed by atoms with Crippen molar-refractivity contribution in [2.45, 2.75) is 13.0 Å². The number of hydrogen-bond donors (Lipinski definition) is 1. The van der Waals surface area contributed by atoms with Crippen molar-refractivity contribution in [3.8, 4) is 28.5 Å². The summed E-state index contributed by atoms with van der Waals surface area (Å²) in [6, 6.07) is 12.1. The first kappa shape index (κ1) is 16.7. The van der Waals surface area contributed by atoms with E-state index in [0.717, 1.165) is 53.2 Å². The minimum absolute atomic E-state index is 0.736. The molecule has 0 aliphatic carbocycles. The highest BCUT2D eigenvalue weighted by Gasteiger charge is 2.13. The Morgan fingerprint density at radius 3 is 2.92 bits per heavy atom. The van der Waals surface area contributed by atoms with Crippen LogP contribution in [0.2, 0.25) is 0 Å². The Bertz CT molecular complexity index is 923. The maximum atomic E-state index is 5.56. The second-order valence-corrected chi connectivity index (χ2v) is 6.86. The summed E-state index contributed by atoms with van der Waals surface area (Å²) in [5.74, 6) is 2.52. The van der Waals surface area contributed by atoms with E-state index in [0.29, 0.717) is 0 Å². The Morgan fingerprint density at radius 1 is 1.15 bits per heavy atom. The molecular formula is C20H20N2O3S. The lowest BCUT2D eigenvalue weighted by Gasteiger charge is -2.08. The van der Waals surface area contributed by atoms with Crippen molar-refractivity contribution in [2.24, 2.45) is 0 Å². The maximum absolute atomic E-state index is 5.56. The van der Waals surface area contributed by atoms with E-state index in [1.807, 2.05) is 23.6 Å². The lowest BCUT2D eigenvalue weighted by Crippen LogP contribution is -1.99. The molecule has 4 rings (SSSR count). The van der Waals surface area contributed by atoms with Crippen LogP contribution in [0.15, 0.2) is 41.8 Å². The van der Waals surface area contributed by atoms with Crippen molar-refractivity contribution in [3.05, 3.63) is 52.9 Å². The fourth-order valence-electron chi connectivity index (χ4n) is 3.02. The second-order valence-electron chi connectivity index (χ2n) is 6.00. The highest BCUT2D eigenvalue weighted by Crippen LogP contribution is 2.35. The van der Waals surface area contributed by atoms with Crippen LogP contribution in [-0.4, -0.2) is 25.8 Å². The van der Waals surface area contributed by atoms with Gasteiger partial charge in [-0.3, -0.25) is 0 Å². The molecule has 0 atom stereocenters. The molecule has 2 aromatic carbocycles. The van der Waals surface area contributed by atoms with Gasteiger partial charge in [-0.15, -0.1) is 11.3 Å². The Kier molecular flexibility index (Phi) is 4.67. The topological polar surface area (TPSA) is 52.6 Å². The van der Waals surface area contributed by atoms with E-state index in [4.69, 9.17) is 19.2 Å². The zero-order chi connectivity index (χ0) is 17.9. The molecule has 0 saturated heterocycles. The minimum atomic E-state index is 0.736. The van der Waals surface area contributed by atoms with Gasteiger partial charge in [-0.05, 0) is 29.3 Å². The lowest BCUT2D eigenvalue weighted by molar-refractivity contribution is 0.357. The number of anilines is 1. The number of benzene rings is 2. The number of thiazole rings is 1. The maximum Gasteiger partial charge on any atom is 0.183 e. The van der Waals surface area contributed by atoms with E-state index in [2.05, 4.69) is 23.5 Å². The summed E-state index contributed by atoms with van der Waals surface area (Å²) in [4.78, 5) is 4.69. The van der Waals surface area contributed by atoms with Gasteiger partial charge in [0.1, 0.15) is 17.2 Å². The van der Waals surface area contributed by atoms with Crippen molar-refractivity contribution in [1.82, 2.24) is 4.98 Å². The molecule has 0 amide bonds. The average molecular weight is 368 g/mol. The highest BCUT2D eigenvalue weighted by molar-refractivity contribution is 7.14. The molecule has 134 valence electrons. The number of nitrogens with one attached hydrogen (secondary N) is 1. The second kappa shape index (κ2) is 7.25. The van der Waals surface area contributed by atoms with Gasteiger partial charge in [-0.25, -0.2) is 4.98 Å². The van der Waals surface area contributed by atoms with Crippen LogP contribution in [0.5, 0.6) is 17.2 Å². The Hall–Kier alpha value is -2.73. The van der Waals surface area contributed by atoms with Crippen molar-refractivity contribution < 1.29 is 14.2 Å². The van der Waals surface area contributed by atoms with E-state index in [-0.39, 0.29) is 0 Å². The normalized spacial score (nSPS) is 12.4. The van der Waals surface area contributed by atoms with E-state index < -0.39 is 0 Å². The number of aromatic nitrogens is 1. The summed E-state index contributed by atoms with van der Waals surface area (Å²) in [5.41, 5.74) is 4.35. The molecule has 1 N–H and O–H groups in total. The summed E-state index contributed by atoms with van der Waals surface area (Å²) in [7, 11) is 3.30.